The van der Waals surface area contributed by atoms with Gasteiger partial charge in [-0.1, -0.05) is 0 Å². The highest BCUT2D eigenvalue weighted by atomic mass is 16.5. The number of nitrogens with one attached hydrogen (secondary N) is 1. The Balaban J connectivity index is 1.86. The van der Waals surface area contributed by atoms with Crippen LogP contribution in [0.4, 0.5) is 5.69 Å². The fourth-order valence-electron chi connectivity index (χ4n) is 2.44. The van der Waals surface area contributed by atoms with Crippen molar-refractivity contribution in [3.8, 4) is 5.75 Å². The summed E-state index contributed by atoms with van der Waals surface area (Å²) in [6.45, 7) is 2.95. The molecule has 1 aliphatic heterocycles. The third kappa shape index (κ3) is 3.72. The Hall–Kier alpha value is -2.08. The highest BCUT2D eigenvalue weighted by Gasteiger charge is 2.40. The first-order valence-electron chi connectivity index (χ1n) is 6.82. The number of amides is 1. The van der Waals surface area contributed by atoms with E-state index in [1.54, 1.807) is 38.3 Å². The van der Waals surface area contributed by atoms with Crippen LogP contribution in [0.3, 0.4) is 0 Å². The molecule has 21 heavy (non-hydrogen) atoms. The Bertz CT molecular complexity index is 529. The van der Waals surface area contributed by atoms with Crippen molar-refractivity contribution in [1.82, 2.24) is 4.90 Å². The zero-order chi connectivity index (χ0) is 15.5. The third-order valence-electron chi connectivity index (χ3n) is 3.81. The Morgan fingerprint density at radius 1 is 1.38 bits per heavy atom. The lowest BCUT2D eigenvalue weighted by molar-refractivity contribution is -0.147. The quantitative estimate of drug-likeness (QED) is 0.858. The van der Waals surface area contributed by atoms with Gasteiger partial charge in [0.05, 0.1) is 19.1 Å². The molecule has 0 radical (unpaired) electrons. The van der Waals surface area contributed by atoms with Crippen molar-refractivity contribution in [3.63, 3.8) is 0 Å². The van der Waals surface area contributed by atoms with Crippen LogP contribution in [0.1, 0.15) is 13.3 Å². The number of methoxy groups -OCH3 is 1. The number of carboxylic acids is 1. The summed E-state index contributed by atoms with van der Waals surface area (Å²) in [7, 11) is 1.58. The normalized spacial score (nSPS) is 22.0. The second kappa shape index (κ2) is 6.13. The molecule has 0 bridgehead atoms. The SMILES string of the molecule is COc1ccc(NC(=O)CN2CCC(C)(C(=O)O)C2)cc1. The van der Waals surface area contributed by atoms with E-state index in [1.165, 1.54) is 0 Å². The van der Waals surface area contributed by atoms with Gasteiger partial charge in [-0.25, -0.2) is 0 Å². The second-order valence-corrected chi connectivity index (χ2v) is 5.60. The molecule has 1 heterocycles. The molecule has 1 aromatic rings. The molecule has 1 atom stereocenters. The first-order chi connectivity index (χ1) is 9.93. The summed E-state index contributed by atoms with van der Waals surface area (Å²) in [5.41, 5.74) is -0.0542. The zero-order valence-corrected chi connectivity index (χ0v) is 12.3. The first kappa shape index (κ1) is 15.3. The molecule has 0 spiro atoms. The van der Waals surface area contributed by atoms with Gasteiger partial charge in [0, 0.05) is 12.2 Å². The van der Waals surface area contributed by atoms with E-state index < -0.39 is 11.4 Å². The van der Waals surface area contributed by atoms with Gasteiger partial charge in [-0.05, 0) is 44.2 Å². The van der Waals surface area contributed by atoms with Crippen LogP contribution >= 0.6 is 0 Å². The van der Waals surface area contributed by atoms with Gasteiger partial charge in [0.25, 0.3) is 0 Å². The number of ether oxygens (including phenoxy) is 1. The molecule has 0 saturated carbocycles. The number of aliphatic carboxylic acids is 1. The summed E-state index contributed by atoms with van der Waals surface area (Å²) >= 11 is 0. The molecule has 1 saturated heterocycles. The molecule has 1 aromatic carbocycles. The van der Waals surface area contributed by atoms with E-state index in [0.717, 1.165) is 5.75 Å². The van der Waals surface area contributed by atoms with E-state index >= 15 is 0 Å². The number of carbonyl (C=O) groups excluding carboxylic acids is 1. The molecule has 1 aliphatic rings. The number of nitrogens with zero attached hydrogens (tertiary/aromatic N) is 1. The molecule has 0 aromatic heterocycles. The van der Waals surface area contributed by atoms with Crippen molar-refractivity contribution in [2.24, 2.45) is 5.41 Å². The van der Waals surface area contributed by atoms with Crippen LogP contribution in [0.5, 0.6) is 5.75 Å². The van der Waals surface area contributed by atoms with Crippen molar-refractivity contribution < 1.29 is 19.4 Å². The number of likely N-dealkylation sites (tertiary alicyclic amines) is 1. The summed E-state index contributed by atoms with van der Waals surface area (Å²) < 4.78 is 5.05. The van der Waals surface area contributed by atoms with Gasteiger partial charge in [-0.15, -0.1) is 0 Å². The third-order valence-corrected chi connectivity index (χ3v) is 3.81. The number of carbonyl (C=O) groups is 2. The average Bonchev–Trinajstić information content (AvgIpc) is 2.82. The molecule has 1 fully saturated rings. The number of hydrogen-bond donors (Lipinski definition) is 2. The van der Waals surface area contributed by atoms with Crippen LogP contribution in [-0.4, -0.2) is 48.6 Å². The molecular formula is C15H20N2O4. The number of rotatable bonds is 5. The van der Waals surface area contributed by atoms with Gasteiger partial charge in [0.15, 0.2) is 0 Å². The predicted molar refractivity (Wildman–Crippen MR) is 78.4 cm³/mol. The highest BCUT2D eigenvalue weighted by Crippen LogP contribution is 2.29. The van der Waals surface area contributed by atoms with E-state index in [0.29, 0.717) is 25.2 Å². The van der Waals surface area contributed by atoms with Gasteiger partial charge in [0.2, 0.25) is 5.91 Å². The Labute approximate surface area is 123 Å². The van der Waals surface area contributed by atoms with Gasteiger partial charge >= 0.3 is 5.97 Å². The molecule has 6 heteroatoms. The van der Waals surface area contributed by atoms with Gasteiger partial charge in [-0.3, -0.25) is 14.5 Å². The maximum atomic E-state index is 12.0. The molecular weight excluding hydrogens is 272 g/mol. The van der Waals surface area contributed by atoms with E-state index in [2.05, 4.69) is 5.32 Å². The lowest BCUT2D eigenvalue weighted by Crippen LogP contribution is -2.35. The van der Waals surface area contributed by atoms with Crippen LogP contribution < -0.4 is 10.1 Å². The molecule has 2 N–H and O–H groups in total. The van der Waals surface area contributed by atoms with E-state index in [1.807, 2.05) is 4.90 Å². The zero-order valence-electron chi connectivity index (χ0n) is 12.3. The van der Waals surface area contributed by atoms with Crippen molar-refractivity contribution in [2.45, 2.75) is 13.3 Å². The van der Waals surface area contributed by atoms with Gasteiger partial charge in [-0.2, -0.15) is 0 Å². The highest BCUT2D eigenvalue weighted by molar-refractivity contribution is 5.92. The van der Waals surface area contributed by atoms with Crippen molar-refractivity contribution in [3.05, 3.63) is 24.3 Å². The van der Waals surface area contributed by atoms with Crippen molar-refractivity contribution in [1.29, 1.82) is 0 Å². The molecule has 114 valence electrons. The Morgan fingerprint density at radius 2 is 2.05 bits per heavy atom. The second-order valence-electron chi connectivity index (χ2n) is 5.60. The minimum atomic E-state index is -0.805. The van der Waals surface area contributed by atoms with Crippen LogP contribution in [0, 0.1) is 5.41 Å². The van der Waals surface area contributed by atoms with Crippen LogP contribution in [0.25, 0.3) is 0 Å². The number of anilines is 1. The van der Waals surface area contributed by atoms with Crippen LogP contribution in [-0.2, 0) is 9.59 Å². The lowest BCUT2D eigenvalue weighted by atomic mass is 9.90. The number of carboxylic acid groups (broad SMARTS) is 1. The Morgan fingerprint density at radius 3 is 2.57 bits per heavy atom. The fourth-order valence-corrected chi connectivity index (χ4v) is 2.44. The largest absolute Gasteiger partial charge is 0.497 e. The number of benzene rings is 1. The van der Waals surface area contributed by atoms with E-state index in [4.69, 9.17) is 9.84 Å². The summed E-state index contributed by atoms with van der Waals surface area (Å²) in [6.07, 6.45) is 0.568. The summed E-state index contributed by atoms with van der Waals surface area (Å²) in [4.78, 5) is 25.0. The molecule has 2 rings (SSSR count). The summed E-state index contributed by atoms with van der Waals surface area (Å²) in [5, 5.41) is 12.0. The summed E-state index contributed by atoms with van der Waals surface area (Å²) in [5.74, 6) is -0.222. The van der Waals surface area contributed by atoms with Crippen molar-refractivity contribution >= 4 is 17.6 Å². The topological polar surface area (TPSA) is 78.9 Å². The predicted octanol–water partition coefficient (Wildman–Crippen LogP) is 1.43. The molecule has 1 unspecified atom stereocenters. The van der Waals surface area contributed by atoms with Crippen molar-refractivity contribution in [2.75, 3.05) is 32.1 Å². The first-order valence-corrected chi connectivity index (χ1v) is 6.82. The van der Waals surface area contributed by atoms with E-state index in [-0.39, 0.29) is 12.5 Å². The van der Waals surface area contributed by atoms with Crippen LogP contribution in [0.2, 0.25) is 0 Å². The lowest BCUT2D eigenvalue weighted by Gasteiger charge is -2.19. The minimum absolute atomic E-state index is 0.144. The maximum absolute atomic E-state index is 12.0. The minimum Gasteiger partial charge on any atom is -0.497 e. The summed E-state index contributed by atoms with van der Waals surface area (Å²) in [6, 6.07) is 7.07. The van der Waals surface area contributed by atoms with Crippen LogP contribution in [0.15, 0.2) is 24.3 Å². The van der Waals surface area contributed by atoms with Gasteiger partial charge < -0.3 is 15.2 Å². The molecule has 6 nitrogen and oxygen atoms in total. The smallest absolute Gasteiger partial charge is 0.310 e. The monoisotopic (exact) mass is 292 g/mol. The number of hydrogen-bond acceptors (Lipinski definition) is 4. The average molecular weight is 292 g/mol. The standard InChI is InChI=1S/C15H20N2O4/c1-15(14(19)20)7-8-17(10-15)9-13(18)16-11-3-5-12(21-2)6-4-11/h3-6H,7-10H2,1-2H3,(H,16,18)(H,19,20). The molecule has 0 aliphatic carbocycles. The van der Waals surface area contributed by atoms with E-state index in [9.17, 15) is 9.59 Å². The fraction of sp³-hybridized carbons (Fsp3) is 0.467. The molecule has 1 amide bonds. The maximum Gasteiger partial charge on any atom is 0.310 e. The van der Waals surface area contributed by atoms with Gasteiger partial charge in [0.1, 0.15) is 5.75 Å². The Kier molecular flexibility index (Phi) is 4.47.